The molecule has 1 aromatic heterocycles. The maximum absolute atomic E-state index is 13.7. The molecule has 0 spiro atoms. The highest BCUT2D eigenvalue weighted by molar-refractivity contribution is 9.10. The number of rotatable bonds is 13. The molecule has 0 saturated heterocycles. The van der Waals surface area contributed by atoms with Crippen molar-refractivity contribution < 1.29 is 16.8 Å². The first-order valence-corrected chi connectivity index (χ1v) is 16.1. The number of fused-ring (bicyclic) bond motifs is 1. The van der Waals surface area contributed by atoms with E-state index in [1.54, 1.807) is 12.1 Å². The van der Waals surface area contributed by atoms with Crippen LogP contribution in [0, 0.1) is 5.92 Å². The number of hydrogen-bond acceptors (Lipinski definition) is 7. The van der Waals surface area contributed by atoms with E-state index < -0.39 is 25.6 Å². The van der Waals surface area contributed by atoms with Crippen molar-refractivity contribution in [1.82, 2.24) is 18.7 Å². The Bertz CT molecular complexity index is 1510. The number of unbranched alkanes of at least 4 members (excludes halogenated alkanes) is 2. The van der Waals surface area contributed by atoms with Gasteiger partial charge in [-0.2, -0.15) is 12.7 Å². The molecule has 3 rings (SSSR count). The molecule has 9 nitrogen and oxygen atoms in total. The predicted octanol–water partition coefficient (Wildman–Crippen LogP) is 4.80. The molecule has 0 bridgehead atoms. The van der Waals surface area contributed by atoms with Crippen molar-refractivity contribution in [3.63, 3.8) is 0 Å². The summed E-state index contributed by atoms with van der Waals surface area (Å²) in [5.41, 5.74) is -0.623. The summed E-state index contributed by atoms with van der Waals surface area (Å²) in [4.78, 5) is 12.5. The third kappa shape index (κ3) is 6.65. The van der Waals surface area contributed by atoms with Crippen LogP contribution < -0.4 is 5.56 Å². The molecule has 0 radical (unpaired) electrons. The molecule has 0 aliphatic rings. The lowest BCUT2D eigenvalue weighted by Crippen LogP contribution is -2.36. The minimum absolute atomic E-state index is 0.0696. The Morgan fingerprint density at radius 3 is 2.35 bits per heavy atom. The van der Waals surface area contributed by atoms with Gasteiger partial charge in [0.2, 0.25) is 10.0 Å². The van der Waals surface area contributed by atoms with E-state index in [4.69, 9.17) is 0 Å². The zero-order valence-corrected chi connectivity index (χ0v) is 24.5. The minimum atomic E-state index is -4.51. The fraction of sp³-hybridized carbons (Fsp3) is 0.480. The van der Waals surface area contributed by atoms with E-state index in [9.17, 15) is 21.6 Å². The van der Waals surface area contributed by atoms with E-state index >= 15 is 0 Å². The van der Waals surface area contributed by atoms with Crippen LogP contribution >= 0.6 is 15.9 Å². The average molecular weight is 614 g/mol. The summed E-state index contributed by atoms with van der Waals surface area (Å²) in [7, 11) is -8.49. The van der Waals surface area contributed by atoms with Crippen LogP contribution in [-0.4, -0.2) is 48.6 Å². The van der Waals surface area contributed by atoms with Crippen LogP contribution in [0.2, 0.25) is 0 Å². The lowest BCUT2D eigenvalue weighted by molar-refractivity contribution is 0.314. The maximum atomic E-state index is 13.7. The normalized spacial score (nSPS) is 13.3. The Balaban J connectivity index is 2.03. The van der Waals surface area contributed by atoms with Gasteiger partial charge in [-0.05, 0) is 60.4 Å². The molecular weight excluding hydrogens is 580 g/mol. The molecule has 1 heterocycles. The summed E-state index contributed by atoms with van der Waals surface area (Å²) in [6.45, 7) is 6.88. The number of hydrogen-bond donors (Lipinski definition) is 0. The van der Waals surface area contributed by atoms with Crippen molar-refractivity contribution in [3.8, 4) is 0 Å². The van der Waals surface area contributed by atoms with Crippen LogP contribution in [0.5, 0.6) is 0 Å². The highest BCUT2D eigenvalue weighted by Crippen LogP contribution is 2.24. The van der Waals surface area contributed by atoms with Gasteiger partial charge in [0.1, 0.15) is 5.52 Å². The van der Waals surface area contributed by atoms with Crippen molar-refractivity contribution in [3.05, 3.63) is 57.3 Å². The number of aromatic nitrogens is 3. The summed E-state index contributed by atoms with van der Waals surface area (Å²) in [6.07, 6.45) is 5.36. The van der Waals surface area contributed by atoms with E-state index in [2.05, 4.69) is 40.1 Å². The largest absolute Gasteiger partial charge is 0.292 e. The first kappa shape index (κ1) is 29.4. The van der Waals surface area contributed by atoms with Crippen LogP contribution in [0.25, 0.3) is 10.9 Å². The van der Waals surface area contributed by atoms with E-state index in [1.807, 2.05) is 6.92 Å². The van der Waals surface area contributed by atoms with Gasteiger partial charge in [-0.1, -0.05) is 72.5 Å². The quantitative estimate of drug-likeness (QED) is 0.272. The number of sulfonamides is 1. The summed E-state index contributed by atoms with van der Waals surface area (Å²) < 4.78 is 56.5. The van der Waals surface area contributed by atoms with Gasteiger partial charge in [0, 0.05) is 17.6 Å². The molecule has 0 aliphatic heterocycles. The summed E-state index contributed by atoms with van der Waals surface area (Å²) in [6, 6.07) is 9.77. The van der Waals surface area contributed by atoms with E-state index in [1.165, 1.54) is 28.6 Å². The summed E-state index contributed by atoms with van der Waals surface area (Å²) >= 11 is 3.27. The van der Waals surface area contributed by atoms with Crippen molar-refractivity contribution in [2.24, 2.45) is 5.92 Å². The van der Waals surface area contributed by atoms with Crippen LogP contribution in [0.4, 0.5) is 0 Å². The molecule has 0 fully saturated rings. The molecule has 37 heavy (non-hydrogen) atoms. The second-order valence-electron chi connectivity index (χ2n) is 9.01. The Kier molecular flexibility index (Phi) is 10.0. The summed E-state index contributed by atoms with van der Waals surface area (Å²) in [5, 5.41) is 7.55. The van der Waals surface area contributed by atoms with Crippen molar-refractivity contribution >= 4 is 46.9 Å². The van der Waals surface area contributed by atoms with Gasteiger partial charge in [0.05, 0.1) is 15.2 Å². The molecule has 202 valence electrons. The maximum Gasteiger partial charge on any atom is 0.292 e. The van der Waals surface area contributed by atoms with Crippen molar-refractivity contribution in [2.45, 2.75) is 69.1 Å². The van der Waals surface area contributed by atoms with Gasteiger partial charge in [-0.15, -0.1) is 5.10 Å². The van der Waals surface area contributed by atoms with E-state index in [0.29, 0.717) is 28.1 Å². The van der Waals surface area contributed by atoms with Crippen LogP contribution in [0.1, 0.15) is 59.3 Å². The van der Waals surface area contributed by atoms with E-state index in [0.717, 1.165) is 38.2 Å². The molecule has 0 saturated carbocycles. The van der Waals surface area contributed by atoms with Gasteiger partial charge >= 0.3 is 0 Å². The lowest BCUT2D eigenvalue weighted by Gasteiger charge is -2.27. The number of nitrogens with zero attached hydrogens (tertiary/aromatic N) is 4. The van der Waals surface area contributed by atoms with Crippen LogP contribution in [0.3, 0.4) is 0 Å². The third-order valence-corrected chi connectivity index (χ3v) is 10.2. The second-order valence-corrected chi connectivity index (χ2v) is 13.6. The topological polar surface area (TPSA) is 119 Å². The van der Waals surface area contributed by atoms with Gasteiger partial charge in [-0.3, -0.25) is 4.79 Å². The highest BCUT2D eigenvalue weighted by Gasteiger charge is 2.29. The first-order chi connectivity index (χ1) is 17.6. The Morgan fingerprint density at radius 2 is 1.68 bits per heavy atom. The lowest BCUT2D eigenvalue weighted by atomic mass is 9.99. The standard InChI is InChI=1S/C25H33BrN4O5S2/c1-4-7-10-19(6-3)18-29(15-8-5-2)36(32,33)21-11-9-12-22(17-21)37(34,35)30-25(31)23-16-20(26)13-14-24(23)27-28-30/h9,11-14,16-17,19H,4-8,10,15,18H2,1-3H3. The molecule has 0 amide bonds. The SMILES string of the molecule is CCCCC(CC)CN(CCCC)S(=O)(=O)c1cccc(S(=O)(=O)n2nnc3ccc(Br)cc3c2=O)c1. The fourth-order valence-corrected chi connectivity index (χ4v) is 7.26. The van der Waals surface area contributed by atoms with Crippen LogP contribution in [0.15, 0.2) is 61.5 Å². The zero-order chi connectivity index (χ0) is 27.2. The van der Waals surface area contributed by atoms with E-state index in [-0.39, 0.29) is 26.6 Å². The predicted molar refractivity (Wildman–Crippen MR) is 147 cm³/mol. The highest BCUT2D eigenvalue weighted by atomic mass is 79.9. The Labute approximate surface area is 227 Å². The zero-order valence-electron chi connectivity index (χ0n) is 21.3. The molecule has 12 heteroatoms. The second kappa shape index (κ2) is 12.6. The monoisotopic (exact) mass is 612 g/mol. The number of halogens is 1. The molecule has 3 aromatic rings. The molecule has 1 atom stereocenters. The van der Waals surface area contributed by atoms with Crippen molar-refractivity contribution in [1.29, 1.82) is 0 Å². The molecule has 1 unspecified atom stereocenters. The van der Waals surface area contributed by atoms with Gasteiger partial charge in [0.25, 0.3) is 15.6 Å². The Hall–Kier alpha value is -2.15. The fourth-order valence-electron chi connectivity index (χ4n) is 4.05. The third-order valence-electron chi connectivity index (χ3n) is 6.33. The van der Waals surface area contributed by atoms with Gasteiger partial charge < -0.3 is 0 Å². The minimum Gasteiger partial charge on any atom is -0.266 e. The van der Waals surface area contributed by atoms with Crippen molar-refractivity contribution in [2.75, 3.05) is 13.1 Å². The molecule has 0 N–H and O–H groups in total. The number of benzene rings is 2. The average Bonchev–Trinajstić information content (AvgIpc) is 2.88. The van der Waals surface area contributed by atoms with Gasteiger partial charge in [-0.25, -0.2) is 8.42 Å². The first-order valence-electron chi connectivity index (χ1n) is 12.5. The summed E-state index contributed by atoms with van der Waals surface area (Å²) in [5.74, 6) is 0.212. The molecular formula is C25H33BrN4O5S2. The van der Waals surface area contributed by atoms with Crippen LogP contribution in [-0.2, 0) is 20.0 Å². The molecule has 2 aromatic carbocycles. The Morgan fingerprint density at radius 1 is 0.973 bits per heavy atom. The van der Waals surface area contributed by atoms with Gasteiger partial charge in [0.15, 0.2) is 0 Å². The smallest absolute Gasteiger partial charge is 0.266 e. The molecule has 0 aliphatic carbocycles.